The number of carbonyl (C=O) groups excluding carboxylic acids is 2. The Bertz CT molecular complexity index is 958. The Balaban J connectivity index is 1.58. The Morgan fingerprint density at radius 2 is 1.43 bits per heavy atom. The number of nitrogens with two attached hydrogens (primary N) is 1. The molecule has 0 unspecified atom stereocenters. The summed E-state index contributed by atoms with van der Waals surface area (Å²) in [5.41, 5.74) is 6.36. The Hall–Kier alpha value is -3.80. The molecular weight excluding hydrogens is 356 g/mol. The number of hydrogen-bond acceptors (Lipinski definition) is 4. The number of hydrogen-bond donors (Lipinski definition) is 2. The summed E-state index contributed by atoms with van der Waals surface area (Å²) in [6, 6.07) is 22.8. The summed E-state index contributed by atoms with van der Waals surface area (Å²) in [4.78, 5) is 24.0. The van der Waals surface area contributed by atoms with Crippen molar-refractivity contribution in [2.75, 3.05) is 18.5 Å². The molecule has 0 spiro atoms. The van der Waals surface area contributed by atoms with Crippen LogP contribution in [-0.4, -0.2) is 25.0 Å². The van der Waals surface area contributed by atoms with Crippen molar-refractivity contribution in [1.82, 2.24) is 0 Å². The lowest BCUT2D eigenvalue weighted by Gasteiger charge is -2.11. The van der Waals surface area contributed by atoms with Crippen LogP contribution in [0.3, 0.4) is 0 Å². The van der Waals surface area contributed by atoms with Crippen LogP contribution in [0.25, 0.3) is 0 Å². The highest BCUT2D eigenvalue weighted by Crippen LogP contribution is 2.18. The van der Waals surface area contributed by atoms with E-state index >= 15 is 0 Å². The lowest BCUT2D eigenvalue weighted by molar-refractivity contribution is 0.100. The van der Waals surface area contributed by atoms with Gasteiger partial charge in [0.05, 0.1) is 11.3 Å². The molecule has 6 heteroatoms. The topological polar surface area (TPSA) is 90.7 Å². The monoisotopic (exact) mass is 376 g/mol. The highest BCUT2D eigenvalue weighted by Gasteiger charge is 2.12. The molecule has 0 saturated carbocycles. The minimum absolute atomic E-state index is 0.251. The normalized spacial score (nSPS) is 10.1. The van der Waals surface area contributed by atoms with Gasteiger partial charge in [0.1, 0.15) is 24.7 Å². The van der Waals surface area contributed by atoms with Crippen molar-refractivity contribution < 1.29 is 19.1 Å². The molecule has 3 aromatic rings. The number of nitrogens with one attached hydrogen (secondary N) is 1. The van der Waals surface area contributed by atoms with E-state index in [2.05, 4.69) is 5.32 Å². The van der Waals surface area contributed by atoms with Gasteiger partial charge in [-0.05, 0) is 42.5 Å². The van der Waals surface area contributed by atoms with Crippen LogP contribution in [0.5, 0.6) is 11.5 Å². The fourth-order valence-corrected chi connectivity index (χ4v) is 2.56. The van der Waals surface area contributed by atoms with E-state index in [0.29, 0.717) is 30.2 Å². The standard InChI is InChI=1S/C22H20N2O4/c23-21(25)19-11-4-5-12-20(19)24-22(26)16-7-6-10-18(15-16)28-14-13-27-17-8-2-1-3-9-17/h1-12,15H,13-14H2,(H2,23,25)(H,24,26). The van der Waals surface area contributed by atoms with Crippen molar-refractivity contribution in [1.29, 1.82) is 0 Å². The Morgan fingerprint density at radius 1 is 0.786 bits per heavy atom. The summed E-state index contributed by atoms with van der Waals surface area (Å²) in [7, 11) is 0. The van der Waals surface area contributed by atoms with Gasteiger partial charge in [0.15, 0.2) is 0 Å². The zero-order chi connectivity index (χ0) is 19.8. The second-order valence-electron chi connectivity index (χ2n) is 5.90. The van der Waals surface area contributed by atoms with E-state index < -0.39 is 5.91 Å². The lowest BCUT2D eigenvalue weighted by Crippen LogP contribution is -2.18. The van der Waals surface area contributed by atoms with Gasteiger partial charge in [-0.25, -0.2) is 0 Å². The lowest BCUT2D eigenvalue weighted by atomic mass is 10.1. The SMILES string of the molecule is NC(=O)c1ccccc1NC(=O)c1cccc(OCCOc2ccccc2)c1. The first-order chi connectivity index (χ1) is 13.6. The summed E-state index contributed by atoms with van der Waals surface area (Å²) in [6.45, 7) is 0.719. The third-order valence-corrected chi connectivity index (χ3v) is 3.90. The van der Waals surface area contributed by atoms with Gasteiger partial charge in [0.2, 0.25) is 0 Å². The predicted molar refractivity (Wildman–Crippen MR) is 107 cm³/mol. The maximum Gasteiger partial charge on any atom is 0.255 e. The van der Waals surface area contributed by atoms with E-state index in [0.717, 1.165) is 5.75 Å². The van der Waals surface area contributed by atoms with Crippen molar-refractivity contribution >= 4 is 17.5 Å². The average Bonchev–Trinajstić information content (AvgIpc) is 2.72. The molecule has 0 saturated heterocycles. The van der Waals surface area contributed by atoms with Crippen LogP contribution in [0.1, 0.15) is 20.7 Å². The van der Waals surface area contributed by atoms with Crippen molar-refractivity contribution in [3.8, 4) is 11.5 Å². The van der Waals surface area contributed by atoms with Crippen molar-refractivity contribution in [3.05, 3.63) is 90.0 Å². The van der Waals surface area contributed by atoms with E-state index in [1.807, 2.05) is 30.3 Å². The highest BCUT2D eigenvalue weighted by atomic mass is 16.5. The van der Waals surface area contributed by atoms with Crippen LogP contribution in [-0.2, 0) is 0 Å². The Kier molecular flexibility index (Phi) is 6.25. The van der Waals surface area contributed by atoms with Crippen LogP contribution in [0, 0.1) is 0 Å². The fourth-order valence-electron chi connectivity index (χ4n) is 2.56. The van der Waals surface area contributed by atoms with Crippen LogP contribution in [0.4, 0.5) is 5.69 Å². The Morgan fingerprint density at radius 3 is 2.18 bits per heavy atom. The molecule has 0 aliphatic rings. The summed E-state index contributed by atoms with van der Waals surface area (Å²) in [5, 5.41) is 2.70. The first kappa shape index (κ1) is 19.0. The predicted octanol–water partition coefficient (Wildman–Crippen LogP) is 3.50. The molecule has 0 heterocycles. The van der Waals surface area contributed by atoms with Gasteiger partial charge in [0.25, 0.3) is 11.8 Å². The Labute approximate surface area is 162 Å². The van der Waals surface area contributed by atoms with E-state index in [-0.39, 0.29) is 11.5 Å². The van der Waals surface area contributed by atoms with Gasteiger partial charge in [-0.15, -0.1) is 0 Å². The molecular formula is C22H20N2O4. The quantitative estimate of drug-likeness (QED) is 0.589. The molecule has 0 radical (unpaired) electrons. The van der Waals surface area contributed by atoms with E-state index in [1.54, 1.807) is 48.5 Å². The fraction of sp³-hybridized carbons (Fsp3) is 0.0909. The molecule has 3 N–H and O–H groups in total. The van der Waals surface area contributed by atoms with E-state index in [4.69, 9.17) is 15.2 Å². The molecule has 0 atom stereocenters. The first-order valence-electron chi connectivity index (χ1n) is 8.74. The van der Waals surface area contributed by atoms with E-state index in [1.165, 1.54) is 0 Å². The van der Waals surface area contributed by atoms with Gasteiger partial charge in [-0.1, -0.05) is 36.4 Å². The number of ether oxygens (including phenoxy) is 2. The third kappa shape index (κ3) is 5.11. The molecule has 3 aromatic carbocycles. The molecule has 2 amide bonds. The van der Waals surface area contributed by atoms with Crippen LogP contribution >= 0.6 is 0 Å². The van der Waals surface area contributed by atoms with Gasteiger partial charge < -0.3 is 20.5 Å². The minimum Gasteiger partial charge on any atom is -0.490 e. The van der Waals surface area contributed by atoms with Gasteiger partial charge >= 0.3 is 0 Å². The molecule has 0 aliphatic carbocycles. The van der Waals surface area contributed by atoms with E-state index in [9.17, 15) is 9.59 Å². The smallest absolute Gasteiger partial charge is 0.255 e. The first-order valence-corrected chi connectivity index (χ1v) is 8.74. The second kappa shape index (κ2) is 9.23. The maximum absolute atomic E-state index is 12.5. The number of carbonyl (C=O) groups is 2. The van der Waals surface area contributed by atoms with Gasteiger partial charge in [0, 0.05) is 5.56 Å². The molecule has 142 valence electrons. The summed E-state index contributed by atoms with van der Waals surface area (Å²) in [5.74, 6) is 0.353. The number of para-hydroxylation sites is 2. The molecule has 0 fully saturated rings. The highest BCUT2D eigenvalue weighted by molar-refractivity contribution is 6.08. The van der Waals surface area contributed by atoms with Crippen molar-refractivity contribution in [2.24, 2.45) is 5.73 Å². The largest absolute Gasteiger partial charge is 0.490 e. The van der Waals surface area contributed by atoms with Crippen LogP contribution in [0.2, 0.25) is 0 Å². The minimum atomic E-state index is -0.605. The zero-order valence-electron chi connectivity index (χ0n) is 15.1. The van der Waals surface area contributed by atoms with Crippen molar-refractivity contribution in [3.63, 3.8) is 0 Å². The zero-order valence-corrected chi connectivity index (χ0v) is 15.1. The third-order valence-electron chi connectivity index (χ3n) is 3.90. The van der Waals surface area contributed by atoms with Crippen molar-refractivity contribution in [2.45, 2.75) is 0 Å². The summed E-state index contributed by atoms with van der Waals surface area (Å²) >= 11 is 0. The maximum atomic E-state index is 12.5. The summed E-state index contributed by atoms with van der Waals surface area (Å²) < 4.78 is 11.2. The van der Waals surface area contributed by atoms with Crippen LogP contribution < -0.4 is 20.5 Å². The van der Waals surface area contributed by atoms with Crippen LogP contribution in [0.15, 0.2) is 78.9 Å². The number of primary amides is 1. The molecule has 3 rings (SSSR count). The second-order valence-corrected chi connectivity index (χ2v) is 5.90. The molecule has 0 bridgehead atoms. The molecule has 0 aromatic heterocycles. The molecule has 0 aliphatic heterocycles. The van der Waals surface area contributed by atoms with Gasteiger partial charge in [-0.2, -0.15) is 0 Å². The number of rotatable bonds is 8. The molecule has 28 heavy (non-hydrogen) atoms. The summed E-state index contributed by atoms with van der Waals surface area (Å²) in [6.07, 6.45) is 0. The van der Waals surface area contributed by atoms with Gasteiger partial charge in [-0.3, -0.25) is 9.59 Å². The number of benzene rings is 3. The number of amides is 2. The number of anilines is 1. The average molecular weight is 376 g/mol. The molecule has 6 nitrogen and oxygen atoms in total.